The molecule has 5 heteroatoms. The van der Waals surface area contributed by atoms with Crippen LogP contribution < -0.4 is 0 Å². The fourth-order valence-electron chi connectivity index (χ4n) is 1.86. The molecule has 0 saturated carbocycles. The van der Waals surface area contributed by atoms with E-state index in [1.54, 1.807) is 6.07 Å². The summed E-state index contributed by atoms with van der Waals surface area (Å²) < 4.78 is 13.7. The fourth-order valence-corrected chi connectivity index (χ4v) is 1.86. The van der Waals surface area contributed by atoms with E-state index in [0.29, 0.717) is 11.0 Å². The highest BCUT2D eigenvalue weighted by Gasteiger charge is 2.14. The summed E-state index contributed by atoms with van der Waals surface area (Å²) in [7, 11) is 0. The van der Waals surface area contributed by atoms with Crippen molar-refractivity contribution in [3.05, 3.63) is 42.2 Å². The van der Waals surface area contributed by atoms with Gasteiger partial charge in [0, 0.05) is 6.07 Å². The second-order valence-electron chi connectivity index (χ2n) is 3.92. The molecule has 0 aliphatic rings. The Labute approximate surface area is 101 Å². The number of hydrogen-bond acceptors (Lipinski definition) is 3. The normalized spacial score (nSPS) is 10.9. The van der Waals surface area contributed by atoms with E-state index in [0.717, 1.165) is 0 Å². The van der Waals surface area contributed by atoms with Crippen LogP contribution in [0.4, 0.5) is 4.39 Å². The molecule has 0 aliphatic heterocycles. The Hall–Kier alpha value is -2.56. The predicted molar refractivity (Wildman–Crippen MR) is 64.8 cm³/mol. The summed E-state index contributed by atoms with van der Waals surface area (Å²) in [6.45, 7) is 0. The van der Waals surface area contributed by atoms with E-state index in [9.17, 15) is 14.6 Å². The molecule has 0 atom stereocenters. The summed E-state index contributed by atoms with van der Waals surface area (Å²) in [5.74, 6) is -0.418. The van der Waals surface area contributed by atoms with Crippen LogP contribution in [0.3, 0.4) is 0 Å². The maximum atomic E-state index is 13.7. The topological polar surface area (TPSA) is 69.1 Å². The lowest BCUT2D eigenvalue weighted by molar-refractivity contribution is 0.471. The van der Waals surface area contributed by atoms with Gasteiger partial charge < -0.3 is 15.2 Å². The minimum Gasteiger partial charge on any atom is -0.508 e. The Bertz CT molecular complexity index is 717. The summed E-state index contributed by atoms with van der Waals surface area (Å²) >= 11 is 0. The van der Waals surface area contributed by atoms with Gasteiger partial charge in [-0.3, -0.25) is 0 Å². The number of benzene rings is 2. The van der Waals surface area contributed by atoms with Gasteiger partial charge in [-0.1, -0.05) is 6.07 Å². The number of aromatic nitrogens is 2. The minimum atomic E-state index is -0.557. The van der Waals surface area contributed by atoms with Gasteiger partial charge in [-0.25, -0.2) is 9.37 Å². The molecule has 3 rings (SSSR count). The third-order valence-electron chi connectivity index (χ3n) is 2.69. The second-order valence-corrected chi connectivity index (χ2v) is 3.92. The van der Waals surface area contributed by atoms with Crippen molar-refractivity contribution < 1.29 is 14.6 Å². The fraction of sp³-hybridized carbons (Fsp3) is 0. The molecule has 0 radical (unpaired) electrons. The maximum Gasteiger partial charge on any atom is 0.145 e. The number of nitrogens with one attached hydrogen (secondary N) is 1. The zero-order valence-electron chi connectivity index (χ0n) is 9.18. The monoisotopic (exact) mass is 244 g/mol. The first-order valence-corrected chi connectivity index (χ1v) is 5.32. The number of phenolic OH excluding ortho intramolecular Hbond substituents is 2. The largest absolute Gasteiger partial charge is 0.508 e. The van der Waals surface area contributed by atoms with E-state index >= 15 is 0 Å². The molecule has 3 aromatic rings. The van der Waals surface area contributed by atoms with Crippen LogP contribution in [0.25, 0.3) is 22.4 Å². The minimum absolute atomic E-state index is 0.0215. The van der Waals surface area contributed by atoms with E-state index in [1.807, 2.05) is 0 Å². The molecule has 0 bridgehead atoms. The van der Waals surface area contributed by atoms with Crippen LogP contribution in [0.2, 0.25) is 0 Å². The van der Waals surface area contributed by atoms with Crippen LogP contribution in [0.1, 0.15) is 0 Å². The van der Waals surface area contributed by atoms with Gasteiger partial charge in [-0.15, -0.1) is 0 Å². The van der Waals surface area contributed by atoms with Crippen molar-refractivity contribution in [1.29, 1.82) is 0 Å². The molecule has 1 aromatic heterocycles. The number of aromatic hydroxyl groups is 2. The van der Waals surface area contributed by atoms with Gasteiger partial charge in [0.15, 0.2) is 0 Å². The Kier molecular flexibility index (Phi) is 2.19. The molecule has 0 unspecified atom stereocenters. The smallest absolute Gasteiger partial charge is 0.145 e. The maximum absolute atomic E-state index is 13.7. The summed E-state index contributed by atoms with van der Waals surface area (Å²) in [6, 6.07) is 8.66. The first kappa shape index (κ1) is 10.6. The molecule has 1 heterocycles. The number of aromatic amines is 1. The van der Waals surface area contributed by atoms with Crippen molar-refractivity contribution in [3.63, 3.8) is 0 Å². The van der Waals surface area contributed by atoms with Crippen LogP contribution in [-0.4, -0.2) is 20.2 Å². The van der Waals surface area contributed by atoms with Gasteiger partial charge in [0.2, 0.25) is 0 Å². The zero-order chi connectivity index (χ0) is 12.7. The van der Waals surface area contributed by atoms with E-state index in [4.69, 9.17) is 0 Å². The second kappa shape index (κ2) is 3.73. The molecule has 18 heavy (non-hydrogen) atoms. The number of rotatable bonds is 1. The molecular weight excluding hydrogens is 235 g/mol. The standard InChI is InChI=1S/C13H9FN2O2/c14-8-2-1-3-11(18)12(8)13-15-9-5-4-7(17)6-10(9)16-13/h1-6,17-18H,(H,15,16). The molecular formula is C13H9FN2O2. The molecule has 90 valence electrons. The summed E-state index contributed by atoms with van der Waals surface area (Å²) in [5, 5.41) is 19.0. The lowest BCUT2D eigenvalue weighted by Gasteiger charge is -2.01. The highest BCUT2D eigenvalue weighted by atomic mass is 19.1. The third kappa shape index (κ3) is 1.57. The Morgan fingerprint density at radius 3 is 2.72 bits per heavy atom. The van der Waals surface area contributed by atoms with Gasteiger partial charge in [-0.2, -0.15) is 0 Å². The van der Waals surface area contributed by atoms with E-state index in [2.05, 4.69) is 9.97 Å². The van der Waals surface area contributed by atoms with Crippen LogP contribution in [0.15, 0.2) is 36.4 Å². The number of nitrogens with zero attached hydrogens (tertiary/aromatic N) is 1. The van der Waals surface area contributed by atoms with E-state index in [-0.39, 0.29) is 22.9 Å². The van der Waals surface area contributed by atoms with Gasteiger partial charge in [0.25, 0.3) is 0 Å². The average molecular weight is 244 g/mol. The highest BCUT2D eigenvalue weighted by Crippen LogP contribution is 2.31. The number of hydrogen-bond donors (Lipinski definition) is 3. The number of fused-ring (bicyclic) bond motifs is 1. The van der Waals surface area contributed by atoms with E-state index < -0.39 is 5.82 Å². The van der Waals surface area contributed by atoms with Crippen molar-refractivity contribution >= 4 is 11.0 Å². The van der Waals surface area contributed by atoms with Crippen molar-refractivity contribution in [2.24, 2.45) is 0 Å². The van der Waals surface area contributed by atoms with Crippen LogP contribution in [-0.2, 0) is 0 Å². The SMILES string of the molecule is Oc1ccc2nc(-c3c(O)cccc3F)[nH]c2c1. The lowest BCUT2D eigenvalue weighted by Crippen LogP contribution is -1.86. The van der Waals surface area contributed by atoms with Gasteiger partial charge in [-0.05, 0) is 24.3 Å². The quantitative estimate of drug-likeness (QED) is 0.616. The number of phenols is 2. The molecule has 4 nitrogen and oxygen atoms in total. The van der Waals surface area contributed by atoms with Crippen LogP contribution in [0.5, 0.6) is 11.5 Å². The molecule has 0 fully saturated rings. The van der Waals surface area contributed by atoms with Crippen molar-refractivity contribution in [3.8, 4) is 22.9 Å². The summed E-state index contributed by atoms with van der Waals surface area (Å²) in [4.78, 5) is 7.04. The van der Waals surface area contributed by atoms with Gasteiger partial charge >= 0.3 is 0 Å². The van der Waals surface area contributed by atoms with Crippen molar-refractivity contribution in [2.45, 2.75) is 0 Å². The first-order chi connectivity index (χ1) is 8.65. The molecule has 2 aromatic carbocycles. The van der Waals surface area contributed by atoms with Crippen LogP contribution >= 0.6 is 0 Å². The lowest BCUT2D eigenvalue weighted by atomic mass is 10.2. The third-order valence-corrected chi connectivity index (χ3v) is 2.69. The molecule has 0 spiro atoms. The number of H-pyrrole nitrogens is 1. The number of imidazole rings is 1. The van der Waals surface area contributed by atoms with E-state index in [1.165, 1.54) is 30.3 Å². The summed E-state index contributed by atoms with van der Waals surface area (Å²) in [6.07, 6.45) is 0. The molecule has 0 aliphatic carbocycles. The highest BCUT2D eigenvalue weighted by molar-refractivity contribution is 5.81. The van der Waals surface area contributed by atoms with Crippen molar-refractivity contribution in [1.82, 2.24) is 9.97 Å². The van der Waals surface area contributed by atoms with Crippen LogP contribution in [0, 0.1) is 5.82 Å². The summed E-state index contributed by atoms with van der Waals surface area (Å²) in [5.41, 5.74) is 1.19. The Morgan fingerprint density at radius 1 is 1.11 bits per heavy atom. The Balaban J connectivity index is 2.26. The molecule has 0 amide bonds. The molecule has 0 saturated heterocycles. The van der Waals surface area contributed by atoms with Gasteiger partial charge in [0.1, 0.15) is 23.1 Å². The Morgan fingerprint density at radius 2 is 1.94 bits per heavy atom. The first-order valence-electron chi connectivity index (χ1n) is 5.32. The van der Waals surface area contributed by atoms with Gasteiger partial charge in [0.05, 0.1) is 16.6 Å². The zero-order valence-corrected chi connectivity index (χ0v) is 9.18. The molecule has 3 N–H and O–H groups in total. The van der Waals surface area contributed by atoms with Crippen molar-refractivity contribution in [2.75, 3.05) is 0 Å². The average Bonchev–Trinajstić information content (AvgIpc) is 2.71. The number of halogens is 1. The predicted octanol–water partition coefficient (Wildman–Crippen LogP) is 2.78.